The first-order valence-corrected chi connectivity index (χ1v) is 16.7. The third-order valence-corrected chi connectivity index (χ3v) is 7.90. The molecular weight excluding hydrogens is 848 g/mol. The maximum absolute atomic E-state index is 11.0. The van der Waals surface area contributed by atoms with Crippen molar-refractivity contribution in [3.05, 3.63) is 271 Å². The smallest absolute Gasteiger partial charge is 1.00 e. The molecule has 0 aromatic heterocycles. The van der Waals surface area contributed by atoms with Crippen molar-refractivity contribution in [2.75, 3.05) is 0 Å². The topological polar surface area (TPSA) is 159 Å². The summed E-state index contributed by atoms with van der Waals surface area (Å²) >= 11 is 0. The Labute approximate surface area is 356 Å². The number of hydrogen-bond donors (Lipinski definition) is 2. The summed E-state index contributed by atoms with van der Waals surface area (Å²) in [4.78, 5) is 21.9. The average molecular weight is 881 g/mol. The van der Waals surface area contributed by atoms with Crippen LogP contribution in [0.2, 0.25) is 0 Å². The van der Waals surface area contributed by atoms with Gasteiger partial charge in [-0.2, -0.15) is 71.4 Å². The number of carboxylic acid groups (broad SMARTS) is 2. The first-order chi connectivity index (χ1) is 26.4. The van der Waals surface area contributed by atoms with E-state index in [1.54, 1.807) is 85.7 Å². The van der Waals surface area contributed by atoms with Gasteiger partial charge in [-0.25, -0.2) is 9.59 Å². The Kier molecular flexibility index (Phi) is 17.9. The second-order valence-corrected chi connectivity index (χ2v) is 11.5. The molecule has 0 amide bonds. The van der Waals surface area contributed by atoms with E-state index in [9.17, 15) is 9.59 Å². The van der Waals surface area contributed by atoms with E-state index in [-0.39, 0.29) is 55.4 Å². The summed E-state index contributed by atoms with van der Waals surface area (Å²) in [5.41, 5.74) is 9.10. The van der Waals surface area contributed by atoms with E-state index < -0.39 is 11.9 Å². The molecule has 6 heterocycles. The fourth-order valence-electron chi connectivity index (χ4n) is 5.10. The van der Waals surface area contributed by atoms with Crippen molar-refractivity contribution >= 4 is 23.1 Å². The van der Waals surface area contributed by atoms with Gasteiger partial charge < -0.3 is 66.9 Å². The van der Waals surface area contributed by atoms with Gasteiger partial charge in [-0.3, -0.25) is 0 Å². The Balaban J connectivity index is 0.000000265. The first-order valence-electron chi connectivity index (χ1n) is 16.7. The van der Waals surface area contributed by atoms with E-state index in [0.29, 0.717) is 11.4 Å². The fourth-order valence-corrected chi connectivity index (χ4v) is 5.10. The van der Waals surface area contributed by atoms with E-state index in [1.165, 1.54) is 0 Å². The van der Waals surface area contributed by atoms with E-state index in [1.807, 2.05) is 97.2 Å². The number of carbonyl (C=O) groups is 2. The van der Waals surface area contributed by atoms with Crippen LogP contribution in [0.25, 0.3) is 43.0 Å². The molecule has 0 atom stereocenters. The molecule has 6 aliphatic heterocycles. The Bertz CT molecular complexity index is 2040. The van der Waals surface area contributed by atoms with E-state index in [4.69, 9.17) is 10.2 Å². The van der Waals surface area contributed by atoms with Crippen LogP contribution in [0.4, 0.5) is 0 Å². The second kappa shape index (κ2) is 22.8. The van der Waals surface area contributed by atoms with Crippen LogP contribution < -0.4 is 24.8 Å². The third-order valence-electron chi connectivity index (χ3n) is 7.90. The quantitative estimate of drug-likeness (QED) is 0.373. The molecule has 0 saturated carbocycles. The van der Waals surface area contributed by atoms with Gasteiger partial charge in [0, 0.05) is 0 Å². The van der Waals surface area contributed by atoms with Crippen molar-refractivity contribution in [1.82, 2.24) is 0 Å². The zero-order chi connectivity index (χ0) is 37.5. The molecule has 284 valence electrons. The molecule has 0 spiro atoms. The van der Waals surface area contributed by atoms with Gasteiger partial charge >= 0.3 is 31.4 Å². The van der Waals surface area contributed by atoms with Crippen molar-refractivity contribution in [2.45, 2.75) is 0 Å². The summed E-state index contributed by atoms with van der Waals surface area (Å²) in [6.45, 7) is 0. The van der Waals surface area contributed by atoms with Gasteiger partial charge in [-0.15, -0.1) is 0 Å². The summed E-state index contributed by atoms with van der Waals surface area (Å²) in [5, 5.41) is 43.7. The van der Waals surface area contributed by atoms with E-state index in [0.717, 1.165) is 45.1 Å². The number of carboxylic acids is 2. The summed E-state index contributed by atoms with van der Waals surface area (Å²) < 4.78 is 0. The minimum atomic E-state index is -0.956. The van der Waals surface area contributed by atoms with Gasteiger partial charge in [0.25, 0.3) is 0 Å². The molecule has 0 aliphatic carbocycles. The monoisotopic (exact) mass is 880 g/mol. The van der Waals surface area contributed by atoms with Crippen LogP contribution in [0.15, 0.2) is 217 Å². The van der Waals surface area contributed by atoms with Crippen LogP contribution in [0.3, 0.4) is 0 Å². The van der Waals surface area contributed by atoms with E-state index >= 15 is 0 Å². The Hall–Kier alpha value is -6.52. The summed E-state index contributed by atoms with van der Waals surface area (Å²) in [5.74, 6) is -1.91. The van der Waals surface area contributed by atoms with Crippen LogP contribution in [-0.2, 0) is 19.5 Å². The number of nitrogens with zero attached hydrogens (tertiary/aromatic N) is 6. The van der Waals surface area contributed by atoms with Gasteiger partial charge in [0.1, 0.15) is 0 Å². The molecule has 6 aliphatic rings. The van der Waals surface area contributed by atoms with Gasteiger partial charge in [-0.05, 0) is 46.5 Å². The van der Waals surface area contributed by atoms with Crippen LogP contribution >= 0.6 is 0 Å². The molecule has 2 aromatic carbocycles. The van der Waals surface area contributed by atoms with Crippen molar-refractivity contribution in [2.24, 2.45) is 0 Å². The molecule has 0 bridgehead atoms. The molecule has 13 heteroatoms. The van der Waals surface area contributed by atoms with Gasteiger partial charge in [0.2, 0.25) is 0 Å². The zero-order valence-electron chi connectivity index (χ0n) is 29.8. The number of rotatable bonds is 4. The average Bonchev–Trinajstić information content (AvgIpc) is 3.25. The third kappa shape index (κ3) is 12.8. The number of halogens is 2. The SMILES string of the molecule is C1=C[N-]/C(=C2/C=CC=C[N-]2)C=C1.C1=C[N-]/C(=C2/C=CC=C[N-]2)C=C1.O=C(O)c1ccc(C2=C[N-]/C(=C3/C=CC(c4ccc(C(=O)O)cc4)=C[N-]3)C=C2)cc1.[Cl-].[Cl-].[Ru+8]. The zero-order valence-corrected chi connectivity index (χ0v) is 33.1. The molecule has 0 unspecified atom stereocenters. The Morgan fingerprint density at radius 1 is 0.368 bits per heavy atom. The van der Waals surface area contributed by atoms with Crippen LogP contribution in [-0.4, -0.2) is 22.2 Å². The van der Waals surface area contributed by atoms with Crippen LogP contribution in [0.5, 0.6) is 0 Å². The second-order valence-electron chi connectivity index (χ2n) is 11.5. The van der Waals surface area contributed by atoms with Crippen LogP contribution in [0.1, 0.15) is 31.8 Å². The number of aromatic carboxylic acids is 2. The van der Waals surface area contributed by atoms with Crippen molar-refractivity contribution in [3.63, 3.8) is 0 Å². The largest absolute Gasteiger partial charge is 8.00 e. The molecule has 0 fully saturated rings. The normalized spacial score (nSPS) is 19.9. The maximum Gasteiger partial charge on any atom is 8.00 e. The molecule has 57 heavy (non-hydrogen) atoms. The van der Waals surface area contributed by atoms with Crippen molar-refractivity contribution in [1.29, 1.82) is 0 Å². The van der Waals surface area contributed by atoms with Crippen molar-refractivity contribution in [3.8, 4) is 0 Å². The van der Waals surface area contributed by atoms with Gasteiger partial charge in [0.05, 0.1) is 11.1 Å². The minimum absolute atomic E-state index is 0. The predicted octanol–water partition coefficient (Wildman–Crippen LogP) is 5.79. The predicted molar refractivity (Wildman–Crippen MR) is 215 cm³/mol. The summed E-state index contributed by atoms with van der Waals surface area (Å²) in [6, 6.07) is 13.3. The van der Waals surface area contributed by atoms with Crippen LogP contribution in [0, 0.1) is 0 Å². The molecule has 8 rings (SSSR count). The number of hydrogen-bond acceptors (Lipinski definition) is 2. The van der Waals surface area contributed by atoms with E-state index in [2.05, 4.69) is 31.9 Å². The number of benzene rings is 2. The molecule has 0 saturated heterocycles. The van der Waals surface area contributed by atoms with Gasteiger partial charge in [0.15, 0.2) is 0 Å². The Morgan fingerprint density at radius 2 is 0.649 bits per heavy atom. The van der Waals surface area contributed by atoms with Crippen molar-refractivity contribution < 1.29 is 64.1 Å². The minimum Gasteiger partial charge on any atom is -1.00 e. The molecule has 2 N–H and O–H groups in total. The Morgan fingerprint density at radius 3 is 0.860 bits per heavy atom. The molecule has 10 nitrogen and oxygen atoms in total. The standard InChI is InChI=1S/C24H16N2O4.2C10H8N2.2ClH.Ru/c27-23(28)17-5-1-15(2-6-17)19-9-11-21(25-13-19)22-12-10-20(14-26-22)16-3-7-18(8-4-16)24(29)30;2*1-3-7-11-9(5-1)10-6-2-4-8-12-10;;;/h1-14H,(H,27,28)(H,29,30);2*1-8H;2*1H;/q3*-2;;;+8/p-2/b22-21-;2*10-9-;;;. The number of allylic oxidation sites excluding steroid dienone is 18. The summed E-state index contributed by atoms with van der Waals surface area (Å²) in [6.07, 6.45) is 41.3. The maximum atomic E-state index is 11.0. The summed E-state index contributed by atoms with van der Waals surface area (Å²) in [7, 11) is 0. The molecular formula is C44H32Cl2N6O4Ru. The fraction of sp³-hybridized carbons (Fsp3) is 0. The molecule has 0 radical (unpaired) electrons. The first kappa shape index (κ1) is 44.9. The molecule has 2 aromatic rings. The van der Waals surface area contributed by atoms with Gasteiger partial charge in [-0.1, -0.05) is 121 Å².